The molecule has 0 atom stereocenters. The fourth-order valence-corrected chi connectivity index (χ4v) is 4.25. The Labute approximate surface area is 169 Å². The van der Waals surface area contributed by atoms with Gasteiger partial charge in [-0.3, -0.25) is 0 Å². The lowest BCUT2D eigenvalue weighted by Crippen LogP contribution is -2.46. The monoisotopic (exact) mass is 407 g/mol. The molecule has 5 nitrogen and oxygen atoms in total. The number of benzene rings is 1. The number of anilines is 1. The smallest absolute Gasteiger partial charge is 0.410 e. The fraction of sp³-hybridized carbons (Fsp3) is 0.500. The molecule has 1 aromatic carbocycles. The van der Waals surface area contributed by atoms with E-state index in [9.17, 15) is 4.79 Å². The summed E-state index contributed by atoms with van der Waals surface area (Å²) in [5, 5.41) is 3.41. The second-order valence-electron chi connectivity index (χ2n) is 8.53. The Morgan fingerprint density at radius 1 is 1.41 bits per heavy atom. The van der Waals surface area contributed by atoms with Gasteiger partial charge in [0.1, 0.15) is 5.60 Å². The zero-order valence-electron chi connectivity index (χ0n) is 16.4. The minimum Gasteiger partial charge on any atom is -0.444 e. The molecule has 1 aliphatic heterocycles. The van der Waals surface area contributed by atoms with Crippen LogP contribution in [0.1, 0.15) is 50.6 Å². The van der Waals surface area contributed by atoms with Gasteiger partial charge in [-0.15, -0.1) is 11.3 Å². The van der Waals surface area contributed by atoms with E-state index in [0.29, 0.717) is 24.1 Å². The van der Waals surface area contributed by atoms with Gasteiger partial charge in [0, 0.05) is 35.3 Å². The SMILES string of the molecule is CC(C)(C)OC(=O)N1Cc2cc(NCc3cnc(Cl)s3)ccc2C(C)(C)C1. The lowest BCUT2D eigenvalue weighted by molar-refractivity contribution is 0.0174. The molecule has 146 valence electrons. The van der Waals surface area contributed by atoms with Crippen LogP contribution in [0.5, 0.6) is 0 Å². The number of carbonyl (C=O) groups is 1. The number of thiazole rings is 1. The van der Waals surface area contributed by atoms with Gasteiger partial charge in [0.2, 0.25) is 0 Å². The molecule has 0 bridgehead atoms. The molecule has 0 spiro atoms. The van der Waals surface area contributed by atoms with Crippen LogP contribution in [-0.2, 0) is 23.2 Å². The molecular weight excluding hydrogens is 382 g/mol. The molecule has 27 heavy (non-hydrogen) atoms. The van der Waals surface area contributed by atoms with Gasteiger partial charge in [0.15, 0.2) is 4.47 Å². The van der Waals surface area contributed by atoms with Crippen LogP contribution in [-0.4, -0.2) is 28.1 Å². The van der Waals surface area contributed by atoms with Crippen LogP contribution in [0.3, 0.4) is 0 Å². The molecule has 0 saturated heterocycles. The molecular formula is C20H26ClN3O2S. The van der Waals surface area contributed by atoms with Gasteiger partial charge in [0.05, 0.1) is 6.54 Å². The van der Waals surface area contributed by atoms with Crippen LogP contribution in [0.15, 0.2) is 24.4 Å². The second-order valence-corrected chi connectivity index (χ2v) is 10.2. The van der Waals surface area contributed by atoms with Gasteiger partial charge in [-0.2, -0.15) is 0 Å². The van der Waals surface area contributed by atoms with Crippen molar-refractivity contribution in [1.29, 1.82) is 0 Å². The Bertz CT molecular complexity index is 842. The van der Waals surface area contributed by atoms with E-state index in [2.05, 4.69) is 42.3 Å². The van der Waals surface area contributed by atoms with Crippen molar-refractivity contribution in [2.45, 2.75) is 58.7 Å². The number of ether oxygens (including phenoxy) is 1. The Morgan fingerprint density at radius 3 is 2.78 bits per heavy atom. The first-order valence-electron chi connectivity index (χ1n) is 8.99. The summed E-state index contributed by atoms with van der Waals surface area (Å²) in [7, 11) is 0. The largest absolute Gasteiger partial charge is 0.444 e. The molecule has 7 heteroatoms. The maximum Gasteiger partial charge on any atom is 0.410 e. The number of aromatic nitrogens is 1. The van der Waals surface area contributed by atoms with E-state index in [1.807, 2.05) is 20.8 Å². The van der Waals surface area contributed by atoms with Crippen LogP contribution in [0.4, 0.5) is 10.5 Å². The molecule has 0 saturated carbocycles. The van der Waals surface area contributed by atoms with E-state index in [0.717, 1.165) is 16.1 Å². The predicted octanol–water partition coefficient (Wildman–Crippen LogP) is 5.44. The molecule has 0 unspecified atom stereocenters. The number of fused-ring (bicyclic) bond motifs is 1. The van der Waals surface area contributed by atoms with Crippen LogP contribution in [0, 0.1) is 0 Å². The van der Waals surface area contributed by atoms with E-state index in [-0.39, 0.29) is 11.5 Å². The topological polar surface area (TPSA) is 54.5 Å². The average Bonchev–Trinajstić information content (AvgIpc) is 2.96. The van der Waals surface area contributed by atoms with E-state index in [4.69, 9.17) is 16.3 Å². The van der Waals surface area contributed by atoms with Crippen molar-refractivity contribution in [1.82, 2.24) is 9.88 Å². The van der Waals surface area contributed by atoms with Gasteiger partial charge in [-0.25, -0.2) is 9.78 Å². The number of carbonyl (C=O) groups excluding carboxylic acids is 1. The van der Waals surface area contributed by atoms with Crippen molar-refractivity contribution >= 4 is 34.7 Å². The summed E-state index contributed by atoms with van der Waals surface area (Å²) in [4.78, 5) is 19.5. The first kappa shape index (κ1) is 20.0. The molecule has 1 aliphatic rings. The third-order valence-electron chi connectivity index (χ3n) is 4.43. The highest BCUT2D eigenvalue weighted by molar-refractivity contribution is 7.15. The summed E-state index contributed by atoms with van der Waals surface area (Å²) in [5.41, 5.74) is 2.80. The van der Waals surface area contributed by atoms with Crippen molar-refractivity contribution in [3.63, 3.8) is 0 Å². The molecule has 1 amide bonds. The van der Waals surface area contributed by atoms with Crippen LogP contribution in [0.25, 0.3) is 0 Å². The standard InChI is InChI=1S/C20H26ClN3O2S/c1-19(2,3)26-18(25)24-11-13-8-14(6-7-16(13)20(4,5)12-24)22-9-15-10-23-17(21)27-15/h6-8,10,22H,9,11-12H2,1-5H3. The first-order valence-corrected chi connectivity index (χ1v) is 10.2. The Hall–Kier alpha value is -1.79. The molecule has 0 aliphatic carbocycles. The average molecular weight is 408 g/mol. The minimum absolute atomic E-state index is 0.131. The van der Waals surface area contributed by atoms with Gasteiger partial charge in [-0.1, -0.05) is 31.5 Å². The summed E-state index contributed by atoms with van der Waals surface area (Å²) in [6.07, 6.45) is 1.52. The Kier molecular flexibility index (Phi) is 5.41. The minimum atomic E-state index is -0.499. The maximum absolute atomic E-state index is 12.6. The number of hydrogen-bond acceptors (Lipinski definition) is 5. The highest BCUT2D eigenvalue weighted by atomic mass is 35.5. The van der Waals surface area contributed by atoms with Crippen molar-refractivity contribution in [3.8, 4) is 0 Å². The number of hydrogen-bond donors (Lipinski definition) is 1. The summed E-state index contributed by atoms with van der Waals surface area (Å²) >= 11 is 7.36. The van der Waals surface area contributed by atoms with Crippen LogP contribution in [0.2, 0.25) is 4.47 Å². The van der Waals surface area contributed by atoms with Crippen molar-refractivity contribution in [3.05, 3.63) is 44.9 Å². The van der Waals surface area contributed by atoms with E-state index < -0.39 is 5.60 Å². The fourth-order valence-electron chi connectivity index (χ4n) is 3.33. The number of rotatable bonds is 3. The van der Waals surface area contributed by atoms with Crippen LogP contribution >= 0.6 is 22.9 Å². The molecule has 3 rings (SSSR count). The highest BCUT2D eigenvalue weighted by Crippen LogP contribution is 2.35. The van der Waals surface area contributed by atoms with Gasteiger partial charge in [-0.05, 0) is 44.0 Å². The lowest BCUT2D eigenvalue weighted by atomic mass is 9.78. The van der Waals surface area contributed by atoms with Crippen molar-refractivity contribution in [2.24, 2.45) is 0 Å². The number of nitrogens with one attached hydrogen (secondary N) is 1. The predicted molar refractivity (Wildman–Crippen MR) is 111 cm³/mol. The summed E-state index contributed by atoms with van der Waals surface area (Å²) in [6, 6.07) is 6.37. The Balaban J connectivity index is 1.77. The maximum atomic E-state index is 12.6. The quantitative estimate of drug-likeness (QED) is 0.736. The second kappa shape index (κ2) is 7.32. The third kappa shape index (κ3) is 4.93. The van der Waals surface area contributed by atoms with Gasteiger partial charge >= 0.3 is 6.09 Å². The van der Waals surface area contributed by atoms with Crippen molar-refractivity contribution in [2.75, 3.05) is 11.9 Å². The normalized spacial score (nSPS) is 16.0. The van der Waals surface area contributed by atoms with E-state index >= 15 is 0 Å². The highest BCUT2D eigenvalue weighted by Gasteiger charge is 2.35. The number of halogens is 1. The molecule has 2 aromatic rings. The molecule has 1 N–H and O–H groups in total. The van der Waals surface area contributed by atoms with Gasteiger partial charge in [0.25, 0.3) is 0 Å². The zero-order valence-corrected chi connectivity index (χ0v) is 18.0. The lowest BCUT2D eigenvalue weighted by Gasteiger charge is -2.40. The van der Waals surface area contributed by atoms with Gasteiger partial charge < -0.3 is 15.0 Å². The van der Waals surface area contributed by atoms with E-state index in [1.165, 1.54) is 16.9 Å². The van der Waals surface area contributed by atoms with E-state index in [1.54, 1.807) is 11.1 Å². The number of nitrogens with zero attached hydrogens (tertiary/aromatic N) is 2. The summed E-state index contributed by atoms with van der Waals surface area (Å²) in [6.45, 7) is 11.9. The number of amides is 1. The summed E-state index contributed by atoms with van der Waals surface area (Å²) in [5.74, 6) is 0. The van der Waals surface area contributed by atoms with Crippen molar-refractivity contribution < 1.29 is 9.53 Å². The zero-order chi connectivity index (χ0) is 19.8. The molecule has 0 radical (unpaired) electrons. The molecule has 0 fully saturated rings. The Morgan fingerprint density at radius 2 is 2.15 bits per heavy atom. The third-order valence-corrected chi connectivity index (χ3v) is 5.54. The molecule has 1 aromatic heterocycles. The molecule has 2 heterocycles. The summed E-state index contributed by atoms with van der Waals surface area (Å²) < 4.78 is 6.12. The first-order chi connectivity index (χ1) is 12.5. The van der Waals surface area contributed by atoms with Crippen LogP contribution < -0.4 is 5.32 Å².